The third-order valence-electron chi connectivity index (χ3n) is 13.6. The highest BCUT2D eigenvalue weighted by atomic mass is 32.2. The monoisotopic (exact) mass is 746 g/mol. The summed E-state index contributed by atoms with van der Waals surface area (Å²) in [6.07, 6.45) is 14.1. The first kappa shape index (κ1) is 34.4. The Morgan fingerprint density at radius 1 is 0.615 bits per heavy atom. The maximum absolute atomic E-state index is 11.8. The number of hydrogen-bond donors (Lipinski definition) is 2. The first-order chi connectivity index (χ1) is 24.8. The first-order valence-corrected chi connectivity index (χ1v) is 22.0. The highest BCUT2D eigenvalue weighted by Crippen LogP contribution is 2.61. The fourth-order valence-corrected chi connectivity index (χ4v) is 12.4. The number of nitrogens with zero attached hydrogens (tertiary/aromatic N) is 6. The Bertz CT molecular complexity index is 2080. The smallest absolute Gasteiger partial charge is 0.211 e. The van der Waals surface area contributed by atoms with E-state index in [-0.39, 0.29) is 34.7 Å². The standard InChI is InChI=1S/2C19H23N3O3S/c2*1-26(24,25)21-8-6-19(7-9-21)10-15(18(19)23)17-14-5-3-2-4-13(14)16-11-20-12-22(16)17/h2*2-5,11-12,15,17-18,23H,6-10H2,1H3/t2*15-,17-,18-/m10/s1. The minimum atomic E-state index is -3.14. The second-order valence-corrected chi connectivity index (χ2v) is 20.1. The molecule has 2 saturated carbocycles. The molecule has 4 aliphatic heterocycles. The van der Waals surface area contributed by atoms with E-state index in [0.29, 0.717) is 26.2 Å². The number of benzene rings is 2. The van der Waals surface area contributed by atoms with Crippen molar-refractivity contribution in [3.05, 3.63) is 84.7 Å². The lowest BCUT2D eigenvalue weighted by Gasteiger charge is -2.57. The van der Waals surface area contributed by atoms with E-state index in [0.717, 1.165) is 49.9 Å². The summed E-state index contributed by atoms with van der Waals surface area (Å²) in [5, 5.41) is 22.2. The maximum Gasteiger partial charge on any atom is 0.211 e. The zero-order chi connectivity index (χ0) is 36.2. The molecule has 2 aromatic carbocycles. The van der Waals surface area contributed by atoms with Crippen LogP contribution in [0.5, 0.6) is 0 Å². The van der Waals surface area contributed by atoms with Gasteiger partial charge in [0.25, 0.3) is 0 Å². The molecular weight excluding hydrogens is 701 g/mol. The lowest BCUT2D eigenvalue weighted by molar-refractivity contribution is -0.152. The minimum Gasteiger partial charge on any atom is -0.392 e. The molecule has 4 fully saturated rings. The first-order valence-electron chi connectivity index (χ1n) is 18.3. The number of sulfonamides is 2. The normalized spacial score (nSPS) is 30.0. The number of aliphatic hydroxyl groups excluding tert-OH is 2. The van der Waals surface area contributed by atoms with Crippen molar-refractivity contribution in [2.75, 3.05) is 38.7 Å². The summed E-state index contributed by atoms with van der Waals surface area (Å²) < 4.78 is 54.5. The van der Waals surface area contributed by atoms with Crippen LogP contribution in [0, 0.1) is 22.7 Å². The molecule has 2 aromatic heterocycles. The summed E-state index contributed by atoms with van der Waals surface area (Å²) >= 11 is 0. The largest absolute Gasteiger partial charge is 0.392 e. The molecule has 276 valence electrons. The quantitative estimate of drug-likeness (QED) is 0.321. The van der Waals surface area contributed by atoms with Crippen molar-refractivity contribution in [1.29, 1.82) is 0 Å². The highest BCUT2D eigenvalue weighted by Gasteiger charge is 2.59. The van der Waals surface area contributed by atoms with E-state index in [4.69, 9.17) is 0 Å². The zero-order valence-electron chi connectivity index (χ0n) is 29.5. The van der Waals surface area contributed by atoms with E-state index < -0.39 is 32.3 Å². The van der Waals surface area contributed by atoms with E-state index in [2.05, 4.69) is 55.5 Å². The molecule has 6 heterocycles. The lowest BCUT2D eigenvalue weighted by atomic mass is 9.53. The van der Waals surface area contributed by atoms with E-state index in [1.165, 1.54) is 43.4 Å². The maximum atomic E-state index is 11.8. The third kappa shape index (κ3) is 5.19. The van der Waals surface area contributed by atoms with Gasteiger partial charge in [0, 0.05) is 49.1 Å². The number of aliphatic hydroxyl groups is 2. The van der Waals surface area contributed by atoms with Crippen molar-refractivity contribution in [3.63, 3.8) is 0 Å². The van der Waals surface area contributed by atoms with Crippen molar-refractivity contribution in [2.45, 2.75) is 62.8 Å². The van der Waals surface area contributed by atoms with E-state index >= 15 is 0 Å². The summed E-state index contributed by atoms with van der Waals surface area (Å²) in [6, 6.07) is 17.0. The van der Waals surface area contributed by atoms with Gasteiger partial charge in [0.1, 0.15) is 0 Å². The molecule has 0 radical (unpaired) electrons. The molecule has 6 aliphatic rings. The van der Waals surface area contributed by atoms with E-state index in [1.54, 1.807) is 0 Å². The summed E-state index contributed by atoms with van der Waals surface area (Å²) in [5.41, 5.74) is 6.89. The molecule has 2 N–H and O–H groups in total. The van der Waals surface area contributed by atoms with Crippen LogP contribution in [0.2, 0.25) is 0 Å². The van der Waals surface area contributed by atoms with Gasteiger partial charge in [0.2, 0.25) is 20.0 Å². The summed E-state index contributed by atoms with van der Waals surface area (Å²) in [6.45, 7) is 2.06. The Morgan fingerprint density at radius 2 is 0.981 bits per heavy atom. The van der Waals surface area contributed by atoms with Gasteiger partial charge < -0.3 is 19.3 Å². The Morgan fingerprint density at radius 3 is 1.33 bits per heavy atom. The molecule has 0 bridgehead atoms. The number of imidazole rings is 2. The summed E-state index contributed by atoms with van der Waals surface area (Å²) in [4.78, 5) is 8.62. The zero-order valence-corrected chi connectivity index (χ0v) is 31.1. The predicted molar refractivity (Wildman–Crippen MR) is 196 cm³/mol. The third-order valence-corrected chi connectivity index (χ3v) is 16.2. The van der Waals surface area contributed by atoms with E-state index in [9.17, 15) is 27.0 Å². The van der Waals surface area contributed by atoms with Crippen LogP contribution in [0.4, 0.5) is 0 Å². The van der Waals surface area contributed by atoms with Crippen LogP contribution in [-0.4, -0.2) is 106 Å². The van der Waals surface area contributed by atoms with Crippen LogP contribution in [0.3, 0.4) is 0 Å². The number of piperidine rings is 2. The molecule has 2 saturated heterocycles. The predicted octanol–water partition coefficient (Wildman–Crippen LogP) is 3.75. The summed E-state index contributed by atoms with van der Waals surface area (Å²) in [7, 11) is -6.28. The molecule has 0 unspecified atom stereocenters. The van der Waals surface area contributed by atoms with Gasteiger partial charge in [-0.2, -0.15) is 0 Å². The van der Waals surface area contributed by atoms with Crippen LogP contribution in [0.15, 0.2) is 73.6 Å². The molecule has 2 spiro atoms. The average Bonchev–Trinajstić information content (AvgIpc) is 3.92. The van der Waals surface area contributed by atoms with Crippen LogP contribution >= 0.6 is 0 Å². The summed E-state index contributed by atoms with van der Waals surface area (Å²) in [5.74, 6) is 0.299. The Kier molecular flexibility index (Phi) is 7.97. The van der Waals surface area contributed by atoms with Crippen molar-refractivity contribution in [1.82, 2.24) is 27.7 Å². The second kappa shape index (κ2) is 12.1. The molecule has 6 atom stereocenters. The number of rotatable bonds is 4. The molecule has 52 heavy (non-hydrogen) atoms. The van der Waals surface area contributed by atoms with Gasteiger partial charge in [-0.05, 0) is 60.5 Å². The molecule has 0 amide bonds. The van der Waals surface area contributed by atoms with Gasteiger partial charge in [-0.15, -0.1) is 0 Å². The fourth-order valence-electron chi connectivity index (χ4n) is 10.7. The fraction of sp³-hybridized carbons (Fsp3) is 0.526. The molecule has 4 aromatic rings. The highest BCUT2D eigenvalue weighted by molar-refractivity contribution is 7.88. The Balaban J connectivity index is 0.000000138. The van der Waals surface area contributed by atoms with Gasteiger partial charge in [0.15, 0.2) is 0 Å². The van der Waals surface area contributed by atoms with E-state index in [1.807, 2.05) is 37.2 Å². The lowest BCUT2D eigenvalue weighted by Crippen LogP contribution is -2.59. The molecule has 2 aliphatic carbocycles. The van der Waals surface area contributed by atoms with Crippen LogP contribution in [0.25, 0.3) is 22.5 Å². The number of hydrogen-bond acceptors (Lipinski definition) is 8. The van der Waals surface area contributed by atoms with Gasteiger partial charge in [-0.3, -0.25) is 0 Å². The van der Waals surface area contributed by atoms with Gasteiger partial charge in [-0.25, -0.2) is 35.4 Å². The Labute approximate surface area is 305 Å². The van der Waals surface area contributed by atoms with Gasteiger partial charge >= 0.3 is 0 Å². The molecule has 12 nitrogen and oxygen atoms in total. The van der Waals surface area contributed by atoms with Crippen molar-refractivity contribution < 1.29 is 27.0 Å². The number of fused-ring (bicyclic) bond motifs is 6. The second-order valence-electron chi connectivity index (χ2n) is 16.1. The molecule has 14 heteroatoms. The molecule has 10 rings (SSSR count). The average molecular weight is 747 g/mol. The topological polar surface area (TPSA) is 151 Å². The van der Waals surface area contributed by atoms with Crippen molar-refractivity contribution in [3.8, 4) is 22.5 Å². The molecular formula is C38H46N6O6S2. The van der Waals surface area contributed by atoms with Crippen LogP contribution < -0.4 is 0 Å². The van der Waals surface area contributed by atoms with Crippen LogP contribution in [0.1, 0.15) is 61.7 Å². The van der Waals surface area contributed by atoms with Gasteiger partial charge in [0.05, 0.1) is 73.2 Å². The van der Waals surface area contributed by atoms with Crippen molar-refractivity contribution >= 4 is 20.0 Å². The van der Waals surface area contributed by atoms with Gasteiger partial charge in [-0.1, -0.05) is 48.5 Å². The minimum absolute atomic E-state index is 0.122. The SMILES string of the molecule is CS(=O)(=O)N1CCC2(CC1)C[C@@H]([C@@H]1c3ccccc3-c3cncn31)[C@@H]2O.CS(=O)(=O)N1CCC2(CC1)C[C@H]([C@H]1c3ccccc3-c3cncn31)[C@H]2O. The number of aromatic nitrogens is 4. The van der Waals surface area contributed by atoms with Crippen LogP contribution in [-0.2, 0) is 20.0 Å². The Hall–Kier alpha value is -3.40. The van der Waals surface area contributed by atoms with Crippen molar-refractivity contribution in [2.24, 2.45) is 22.7 Å².